The number of likely N-dealkylation sites (tertiary alicyclic amines) is 1. The summed E-state index contributed by atoms with van der Waals surface area (Å²) in [5.74, 6) is -4.48. The van der Waals surface area contributed by atoms with Crippen molar-refractivity contribution >= 4 is 29.2 Å². The van der Waals surface area contributed by atoms with Gasteiger partial charge in [0, 0.05) is 18.8 Å². The molecule has 2 heterocycles. The molecule has 1 saturated heterocycles. The van der Waals surface area contributed by atoms with Crippen LogP contribution in [0.4, 0.5) is 5.69 Å². The zero-order valence-electron chi connectivity index (χ0n) is 23.5. The van der Waals surface area contributed by atoms with Gasteiger partial charge >= 0.3 is 11.9 Å². The van der Waals surface area contributed by atoms with Crippen LogP contribution in [-0.2, 0) is 24.8 Å². The van der Waals surface area contributed by atoms with E-state index in [0.717, 1.165) is 31.7 Å². The van der Waals surface area contributed by atoms with Crippen molar-refractivity contribution in [1.82, 2.24) is 9.55 Å². The van der Waals surface area contributed by atoms with E-state index in [4.69, 9.17) is 21.2 Å². The summed E-state index contributed by atoms with van der Waals surface area (Å²) in [5.41, 5.74) is -3.88. The van der Waals surface area contributed by atoms with Crippen molar-refractivity contribution in [3.63, 3.8) is 0 Å². The number of quaternary nitrogens is 1. The zero-order valence-corrected chi connectivity index (χ0v) is 24.2. The van der Waals surface area contributed by atoms with E-state index < -0.39 is 46.9 Å². The number of hydroxylamine groups is 2. The first-order valence-electron chi connectivity index (χ1n) is 13.8. The monoisotopic (exact) mass is 563 g/mol. The SMILES string of the molecule is CC(=O)O[C@]1(C(=O)O)[C@@H](C2CC=C[C@@H]3CCCC[C@]23O)[C@@]2(O)c3cc(C)cc(Cl)c3[N@+](C)(C(C)C)O[C@H]2N1C. The third kappa shape index (κ3) is 3.70. The van der Waals surface area contributed by atoms with Gasteiger partial charge in [0.2, 0.25) is 6.23 Å². The van der Waals surface area contributed by atoms with Crippen molar-refractivity contribution in [1.29, 1.82) is 0 Å². The number of aliphatic carboxylic acids is 1. The number of aliphatic hydroxyl groups is 2. The van der Waals surface area contributed by atoms with Gasteiger partial charge in [0.25, 0.3) is 5.72 Å². The van der Waals surface area contributed by atoms with Crippen LogP contribution in [0.3, 0.4) is 0 Å². The van der Waals surface area contributed by atoms with Crippen molar-refractivity contribution in [2.75, 3.05) is 14.1 Å². The molecule has 1 aromatic carbocycles. The van der Waals surface area contributed by atoms with Crippen LogP contribution in [0.5, 0.6) is 0 Å². The maximum absolute atomic E-state index is 13.4. The topological polar surface area (TPSA) is 117 Å². The number of fused-ring (bicyclic) bond motifs is 4. The number of carbonyl (C=O) groups excluding carboxylic acids is 1. The van der Waals surface area contributed by atoms with Crippen molar-refractivity contribution in [2.24, 2.45) is 17.8 Å². The number of benzene rings is 1. The van der Waals surface area contributed by atoms with E-state index in [1.807, 2.05) is 46.0 Å². The number of hydrogen-bond acceptors (Lipinski definition) is 7. The minimum absolute atomic E-state index is 0.133. The molecule has 214 valence electrons. The predicted octanol–water partition coefficient (Wildman–Crippen LogP) is 3.86. The van der Waals surface area contributed by atoms with E-state index in [1.54, 1.807) is 6.07 Å². The standard InChI is InChI=1S/C29H39ClN2O7/c1-16(2)32(6)23-21(14-17(3)15-22(23)30)28(37)24(20-12-9-11-19-10-7-8-13-27(19,20)36)29(26(34)35,38-18(4)33)31(5)25(28)39-32/h9,11,14-16,19-20,24-25,36-37H,7-8,10,12-13H2,1-6H3/p+1/t19-,20?,24-,25+,27+,28-,29-,32-/m0/s1. The van der Waals surface area contributed by atoms with Gasteiger partial charge in [-0.3, -0.25) is 4.79 Å². The minimum atomic E-state index is -2.32. The summed E-state index contributed by atoms with van der Waals surface area (Å²) in [6, 6.07) is 3.45. The Morgan fingerprint density at radius 3 is 2.56 bits per heavy atom. The van der Waals surface area contributed by atoms with E-state index in [9.17, 15) is 24.9 Å². The van der Waals surface area contributed by atoms with Crippen LogP contribution >= 0.6 is 11.6 Å². The molecule has 0 aromatic heterocycles. The van der Waals surface area contributed by atoms with Crippen LogP contribution in [-0.4, -0.2) is 69.8 Å². The maximum Gasteiger partial charge on any atom is 0.364 e. The van der Waals surface area contributed by atoms with Gasteiger partial charge in [-0.15, -0.1) is 4.65 Å². The quantitative estimate of drug-likeness (QED) is 0.287. The van der Waals surface area contributed by atoms with Crippen molar-refractivity contribution in [3.05, 3.63) is 40.4 Å². The summed E-state index contributed by atoms with van der Waals surface area (Å²) in [4.78, 5) is 34.0. The number of halogens is 1. The molecule has 2 aliphatic carbocycles. The fourth-order valence-electron chi connectivity index (χ4n) is 7.93. The van der Waals surface area contributed by atoms with E-state index in [2.05, 4.69) is 0 Å². The summed E-state index contributed by atoms with van der Waals surface area (Å²) >= 11 is 6.87. The summed E-state index contributed by atoms with van der Waals surface area (Å²) in [6.07, 6.45) is 5.95. The van der Waals surface area contributed by atoms with Gasteiger partial charge in [-0.1, -0.05) is 36.6 Å². The summed E-state index contributed by atoms with van der Waals surface area (Å²) in [6.45, 7) is 6.92. The first-order chi connectivity index (χ1) is 18.2. The molecule has 0 bridgehead atoms. The molecule has 39 heavy (non-hydrogen) atoms. The molecular weight excluding hydrogens is 524 g/mol. The molecule has 3 N–H and O–H groups in total. The molecule has 10 heteroatoms. The van der Waals surface area contributed by atoms with Gasteiger partial charge in [-0.2, -0.15) is 4.84 Å². The lowest BCUT2D eigenvalue weighted by Crippen LogP contribution is -2.65. The van der Waals surface area contributed by atoms with Gasteiger partial charge in [-0.05, 0) is 64.8 Å². The van der Waals surface area contributed by atoms with Crippen molar-refractivity contribution in [2.45, 2.75) is 89.0 Å². The summed E-state index contributed by atoms with van der Waals surface area (Å²) < 4.78 is 5.66. The maximum atomic E-state index is 13.4. The molecule has 0 radical (unpaired) electrons. The largest absolute Gasteiger partial charge is 0.477 e. The molecule has 8 atom stereocenters. The van der Waals surface area contributed by atoms with Crippen LogP contribution in [0, 0.1) is 24.7 Å². The first-order valence-corrected chi connectivity index (χ1v) is 14.2. The normalized spacial score (nSPS) is 41.6. The van der Waals surface area contributed by atoms with Crippen LogP contribution in [0.25, 0.3) is 0 Å². The van der Waals surface area contributed by atoms with Crippen molar-refractivity contribution < 1.29 is 34.5 Å². The number of esters is 1. The first kappa shape index (κ1) is 28.5. The third-order valence-corrected chi connectivity index (χ3v) is 10.2. The highest BCUT2D eigenvalue weighted by Crippen LogP contribution is 2.64. The third-order valence-electron chi connectivity index (χ3n) is 9.93. The van der Waals surface area contributed by atoms with E-state index >= 15 is 0 Å². The average molecular weight is 564 g/mol. The van der Waals surface area contributed by atoms with Gasteiger partial charge in [0.05, 0.1) is 17.1 Å². The molecule has 1 unspecified atom stereocenters. The second kappa shape index (κ2) is 9.26. The van der Waals surface area contributed by atoms with E-state index in [0.29, 0.717) is 29.1 Å². The highest BCUT2D eigenvalue weighted by Gasteiger charge is 2.80. The lowest BCUT2D eigenvalue weighted by atomic mass is 9.56. The van der Waals surface area contributed by atoms with E-state index in [1.165, 1.54) is 11.9 Å². The highest BCUT2D eigenvalue weighted by molar-refractivity contribution is 6.33. The van der Waals surface area contributed by atoms with Crippen molar-refractivity contribution in [3.8, 4) is 0 Å². The van der Waals surface area contributed by atoms with Gasteiger partial charge in [0.15, 0.2) is 11.3 Å². The molecule has 2 aliphatic heterocycles. The van der Waals surface area contributed by atoms with E-state index in [-0.39, 0.29) is 16.6 Å². The highest BCUT2D eigenvalue weighted by atomic mass is 35.5. The van der Waals surface area contributed by atoms with Gasteiger partial charge < -0.3 is 20.1 Å². The number of rotatable bonds is 4. The minimum Gasteiger partial charge on any atom is -0.477 e. The Balaban J connectivity index is 1.87. The number of likely N-dealkylation sites (N-methyl/N-ethyl adjacent to an activating group) is 1. The number of nitrogens with zero attached hydrogens (tertiary/aromatic N) is 2. The molecule has 0 spiro atoms. The van der Waals surface area contributed by atoms with Gasteiger partial charge in [0.1, 0.15) is 18.1 Å². The fraction of sp³-hybridized carbons (Fsp3) is 0.655. The summed E-state index contributed by atoms with van der Waals surface area (Å²) in [5, 5.41) is 36.7. The molecule has 5 rings (SSSR count). The number of ether oxygens (including phenoxy) is 1. The fourth-order valence-corrected chi connectivity index (χ4v) is 8.38. The van der Waals surface area contributed by atoms with Crippen LogP contribution in [0.1, 0.15) is 64.0 Å². The Kier molecular flexibility index (Phi) is 6.77. The molecule has 2 fully saturated rings. The van der Waals surface area contributed by atoms with Crippen LogP contribution in [0.2, 0.25) is 5.02 Å². The number of allylic oxidation sites excluding steroid dienone is 1. The molecule has 1 saturated carbocycles. The number of hydrogen-bond donors (Lipinski definition) is 3. The van der Waals surface area contributed by atoms with Crippen LogP contribution < -0.4 is 4.65 Å². The molecule has 1 aromatic rings. The Morgan fingerprint density at radius 2 is 1.95 bits per heavy atom. The number of carboxylic acid groups (broad SMARTS) is 1. The molecule has 9 nitrogen and oxygen atoms in total. The zero-order chi connectivity index (χ0) is 28.7. The average Bonchev–Trinajstić information content (AvgIpc) is 3.02. The second-order valence-corrected chi connectivity index (χ2v) is 12.7. The summed E-state index contributed by atoms with van der Waals surface area (Å²) in [7, 11) is 3.33. The molecular formula is C29H40ClN2O7+. The smallest absolute Gasteiger partial charge is 0.364 e. The number of carbonyl (C=O) groups is 2. The number of carboxylic acids is 1. The molecule has 0 amide bonds. The lowest BCUT2D eigenvalue weighted by molar-refractivity contribution is -0.291. The Labute approximate surface area is 234 Å². The number of aryl methyl sites for hydroxylation is 1. The second-order valence-electron chi connectivity index (χ2n) is 12.3. The molecule has 4 aliphatic rings. The predicted molar refractivity (Wildman–Crippen MR) is 145 cm³/mol. The Hall–Kier alpha value is -2.01. The van der Waals surface area contributed by atoms with Gasteiger partial charge in [-0.25, -0.2) is 9.69 Å². The Bertz CT molecular complexity index is 1240. The lowest BCUT2D eigenvalue weighted by Gasteiger charge is -2.54. The Morgan fingerprint density at radius 1 is 1.26 bits per heavy atom. The van der Waals surface area contributed by atoms with Crippen LogP contribution in [0.15, 0.2) is 24.3 Å².